The van der Waals surface area contributed by atoms with E-state index in [-0.39, 0.29) is 17.9 Å². The van der Waals surface area contributed by atoms with Crippen LogP contribution >= 0.6 is 0 Å². The van der Waals surface area contributed by atoms with Crippen LogP contribution in [0.3, 0.4) is 0 Å². The first-order valence-corrected chi connectivity index (χ1v) is 15.6. The molecule has 0 spiro atoms. The molecular weight excluding hydrogens is 566 g/mol. The van der Waals surface area contributed by atoms with Crippen molar-refractivity contribution >= 4 is 22.8 Å². The second-order valence-electron chi connectivity index (χ2n) is 12.0. The van der Waals surface area contributed by atoms with Gasteiger partial charge in [0.15, 0.2) is 0 Å². The highest BCUT2D eigenvalue weighted by Gasteiger charge is 2.34. The molecule has 3 aliphatic rings. The number of pyridine rings is 1. The van der Waals surface area contributed by atoms with Gasteiger partial charge in [-0.3, -0.25) is 9.69 Å². The number of likely N-dealkylation sites (tertiary alicyclic amines) is 2. The van der Waals surface area contributed by atoms with E-state index in [4.69, 9.17) is 20.2 Å². The number of nitrogens with zero attached hydrogens (tertiary/aromatic N) is 6. The third-order valence-corrected chi connectivity index (χ3v) is 9.08. The molecule has 3 aliphatic heterocycles. The number of aromatic nitrogens is 4. The van der Waals surface area contributed by atoms with Gasteiger partial charge in [0.05, 0.1) is 18.0 Å². The molecular formula is C35H37N7O3. The van der Waals surface area contributed by atoms with Gasteiger partial charge in [0.2, 0.25) is 11.8 Å². The maximum Gasteiger partial charge on any atom is 0.245 e. The molecule has 4 aromatic rings. The lowest BCUT2D eigenvalue weighted by Gasteiger charge is -2.45. The highest BCUT2D eigenvalue weighted by atomic mass is 16.5. The van der Waals surface area contributed by atoms with Crippen LogP contribution in [0.1, 0.15) is 36.7 Å². The number of carbonyl (C=O) groups excluding carboxylic acids is 1. The molecule has 0 saturated carbocycles. The maximum absolute atomic E-state index is 12.0. The molecule has 1 atom stereocenters. The van der Waals surface area contributed by atoms with Gasteiger partial charge in [-0.1, -0.05) is 30.7 Å². The lowest BCUT2D eigenvalue weighted by molar-refractivity contribution is -0.127. The second-order valence-corrected chi connectivity index (χ2v) is 12.0. The van der Waals surface area contributed by atoms with Gasteiger partial charge in [-0.05, 0) is 61.9 Å². The summed E-state index contributed by atoms with van der Waals surface area (Å²) in [5.41, 5.74) is 11.0. The fraction of sp³-hybridized carbons (Fsp3) is 0.371. The molecule has 1 aromatic carbocycles. The van der Waals surface area contributed by atoms with Crippen molar-refractivity contribution in [3.05, 3.63) is 72.8 Å². The summed E-state index contributed by atoms with van der Waals surface area (Å²) >= 11 is 0. The molecule has 1 amide bonds. The highest BCUT2D eigenvalue weighted by molar-refractivity contribution is 6.03. The molecule has 45 heavy (non-hydrogen) atoms. The minimum absolute atomic E-state index is 0.0236. The molecule has 3 saturated heterocycles. The fourth-order valence-electron chi connectivity index (χ4n) is 6.68. The van der Waals surface area contributed by atoms with E-state index in [2.05, 4.69) is 37.9 Å². The zero-order valence-electron chi connectivity index (χ0n) is 25.5. The quantitative estimate of drug-likeness (QED) is 0.252. The van der Waals surface area contributed by atoms with Crippen molar-refractivity contribution in [1.82, 2.24) is 29.3 Å². The van der Waals surface area contributed by atoms with E-state index in [1.54, 1.807) is 0 Å². The Kier molecular flexibility index (Phi) is 7.96. The lowest BCUT2D eigenvalue weighted by atomic mass is 9.93. The van der Waals surface area contributed by atoms with Gasteiger partial charge in [-0.25, -0.2) is 15.0 Å². The van der Waals surface area contributed by atoms with Crippen LogP contribution in [0.15, 0.2) is 61.4 Å². The number of aryl methyl sites for hydroxylation is 1. The number of fused-ring (bicyclic) bond motifs is 1. The first kappa shape index (κ1) is 29.0. The Morgan fingerprint density at radius 1 is 1.09 bits per heavy atom. The summed E-state index contributed by atoms with van der Waals surface area (Å²) in [6.45, 7) is 10.3. The number of nitrogens with two attached hydrogens (primary N) is 1. The smallest absolute Gasteiger partial charge is 0.245 e. The number of hydrogen-bond donors (Lipinski definition) is 1. The molecule has 2 N–H and O–H groups in total. The molecule has 3 aromatic heterocycles. The van der Waals surface area contributed by atoms with Crippen molar-refractivity contribution in [2.45, 2.75) is 38.3 Å². The molecule has 230 valence electrons. The number of anilines is 1. The van der Waals surface area contributed by atoms with Crippen molar-refractivity contribution in [2.24, 2.45) is 5.92 Å². The van der Waals surface area contributed by atoms with Crippen molar-refractivity contribution in [3.63, 3.8) is 0 Å². The summed E-state index contributed by atoms with van der Waals surface area (Å²) < 4.78 is 14.0. The van der Waals surface area contributed by atoms with Crippen LogP contribution in [0, 0.1) is 24.7 Å². The fourth-order valence-corrected chi connectivity index (χ4v) is 6.68. The monoisotopic (exact) mass is 603 g/mol. The minimum atomic E-state index is 0.0236. The molecule has 0 aliphatic carbocycles. The van der Waals surface area contributed by atoms with E-state index < -0.39 is 0 Å². The van der Waals surface area contributed by atoms with Crippen molar-refractivity contribution in [1.29, 1.82) is 0 Å². The Bertz CT molecular complexity index is 1790. The molecule has 10 heteroatoms. The first-order valence-electron chi connectivity index (χ1n) is 15.6. The van der Waals surface area contributed by atoms with E-state index in [0.29, 0.717) is 36.7 Å². The average Bonchev–Trinajstić information content (AvgIpc) is 3.67. The van der Waals surface area contributed by atoms with Crippen molar-refractivity contribution in [3.8, 4) is 34.6 Å². The Morgan fingerprint density at radius 3 is 2.60 bits per heavy atom. The Morgan fingerprint density at radius 2 is 1.89 bits per heavy atom. The molecule has 6 heterocycles. The van der Waals surface area contributed by atoms with Crippen LogP contribution in [-0.2, 0) is 9.53 Å². The maximum atomic E-state index is 12.0. The molecule has 10 nitrogen and oxygen atoms in total. The number of rotatable bonds is 6. The van der Waals surface area contributed by atoms with Gasteiger partial charge in [0, 0.05) is 62.1 Å². The number of carbonyl (C=O) groups is 1. The van der Waals surface area contributed by atoms with E-state index in [1.165, 1.54) is 12.4 Å². The summed E-state index contributed by atoms with van der Waals surface area (Å²) in [5, 5.41) is 0.804. The summed E-state index contributed by atoms with van der Waals surface area (Å²) in [5.74, 6) is 9.14. The minimum Gasteiger partial charge on any atom is -0.439 e. The van der Waals surface area contributed by atoms with Crippen LogP contribution in [0.5, 0.6) is 11.6 Å². The Balaban J connectivity index is 1.18. The van der Waals surface area contributed by atoms with Crippen molar-refractivity contribution in [2.75, 3.05) is 45.1 Å². The highest BCUT2D eigenvalue weighted by Crippen LogP contribution is 2.40. The Hall–Kier alpha value is -4.72. The number of amides is 1. The zero-order chi connectivity index (χ0) is 30.9. The van der Waals surface area contributed by atoms with E-state index >= 15 is 0 Å². The van der Waals surface area contributed by atoms with Crippen LogP contribution < -0.4 is 10.5 Å². The van der Waals surface area contributed by atoms with E-state index in [1.807, 2.05) is 54.3 Å². The van der Waals surface area contributed by atoms with Crippen molar-refractivity contribution < 1.29 is 14.3 Å². The average molecular weight is 604 g/mol. The third kappa shape index (κ3) is 5.77. The normalized spacial score (nSPS) is 19.2. The molecule has 7 rings (SSSR count). The molecule has 0 radical (unpaired) electrons. The number of ether oxygens (including phenoxy) is 2. The SMILES string of the molecule is C=CC(=O)N1CCC(N2CC(C#Cc3c(-c4ccc(Oc5cccc(C)n5)cc4)c4c(N)ncnc4n3C3CCOC3)C2)CC1. The third-order valence-electron chi connectivity index (χ3n) is 9.08. The van der Waals surface area contributed by atoms with Gasteiger partial charge in [-0.15, -0.1) is 0 Å². The second kappa shape index (κ2) is 12.3. The summed E-state index contributed by atoms with van der Waals surface area (Å²) in [4.78, 5) is 29.9. The van der Waals surface area contributed by atoms with Crippen LogP contribution in [0.4, 0.5) is 5.82 Å². The number of nitrogen functional groups attached to an aromatic ring is 1. The van der Waals surface area contributed by atoms with Gasteiger partial charge in [-0.2, -0.15) is 0 Å². The number of benzene rings is 1. The van der Waals surface area contributed by atoms with Gasteiger partial charge in [0.1, 0.15) is 29.2 Å². The molecule has 1 unspecified atom stereocenters. The first-order chi connectivity index (χ1) is 22.0. The predicted octanol–water partition coefficient (Wildman–Crippen LogP) is 4.60. The Labute approximate surface area is 262 Å². The van der Waals surface area contributed by atoms with Crippen LogP contribution in [0.2, 0.25) is 0 Å². The number of hydrogen-bond acceptors (Lipinski definition) is 8. The standard InChI is InChI=1S/C35H37N7O3/c1-3-31(43)40-16-13-26(14-17-40)41-19-24(20-41)7-12-29-32(25-8-10-28(11-9-25)45-30-6-4-5-23(2)39-30)33-34(36)37-22-38-35(33)42(29)27-15-18-44-21-27/h3-6,8-11,22,24,26-27H,1,13-21H2,2H3,(H2,36,37,38). The lowest BCUT2D eigenvalue weighted by Crippen LogP contribution is -2.55. The van der Waals surface area contributed by atoms with Crippen LogP contribution in [-0.4, -0.2) is 80.7 Å². The molecule has 3 fully saturated rings. The summed E-state index contributed by atoms with van der Waals surface area (Å²) in [7, 11) is 0. The van der Waals surface area contributed by atoms with Gasteiger partial charge >= 0.3 is 0 Å². The van der Waals surface area contributed by atoms with E-state index in [0.717, 1.165) is 79.0 Å². The van der Waals surface area contributed by atoms with Crippen LogP contribution in [0.25, 0.3) is 22.2 Å². The number of piperidine rings is 1. The van der Waals surface area contributed by atoms with Gasteiger partial charge in [0.25, 0.3) is 0 Å². The summed E-state index contributed by atoms with van der Waals surface area (Å²) in [6, 6.07) is 14.2. The largest absolute Gasteiger partial charge is 0.439 e. The molecule has 0 bridgehead atoms. The zero-order valence-corrected chi connectivity index (χ0v) is 25.5. The van der Waals surface area contributed by atoms with Gasteiger partial charge < -0.3 is 24.7 Å². The predicted molar refractivity (Wildman–Crippen MR) is 173 cm³/mol. The topological polar surface area (TPSA) is 112 Å². The van der Waals surface area contributed by atoms with E-state index in [9.17, 15) is 4.79 Å². The summed E-state index contributed by atoms with van der Waals surface area (Å²) in [6.07, 6.45) is 5.77.